The van der Waals surface area contributed by atoms with Crippen molar-refractivity contribution < 1.29 is 4.92 Å². The number of aryl methyl sites for hydroxylation is 3. The summed E-state index contributed by atoms with van der Waals surface area (Å²) in [4.78, 5) is 10.6. The Balaban J connectivity index is 2.45. The highest BCUT2D eigenvalue weighted by Gasteiger charge is 2.21. The van der Waals surface area contributed by atoms with Gasteiger partial charge < -0.3 is 4.57 Å². The van der Waals surface area contributed by atoms with Gasteiger partial charge in [-0.05, 0) is 37.8 Å². The second-order valence-electron chi connectivity index (χ2n) is 4.72. The number of benzene rings is 1. The smallest absolute Gasteiger partial charge is 0.270 e. The van der Waals surface area contributed by atoms with Gasteiger partial charge in [-0.15, -0.1) is 0 Å². The van der Waals surface area contributed by atoms with Crippen LogP contribution in [0.4, 0.5) is 5.69 Å². The number of nitro benzene ring substituents is 1. The molecule has 17 heavy (non-hydrogen) atoms. The first-order chi connectivity index (χ1) is 8.09. The number of aromatic nitrogens is 1. The highest BCUT2D eigenvalue weighted by molar-refractivity contribution is 5.90. The van der Waals surface area contributed by atoms with Gasteiger partial charge in [0, 0.05) is 29.8 Å². The second-order valence-corrected chi connectivity index (χ2v) is 4.72. The molecule has 0 spiro atoms. The molecule has 3 rings (SSSR count). The van der Waals surface area contributed by atoms with E-state index in [1.54, 1.807) is 12.1 Å². The fourth-order valence-corrected chi connectivity index (χ4v) is 2.85. The molecule has 0 saturated carbocycles. The Kier molecular flexibility index (Phi) is 2.02. The van der Waals surface area contributed by atoms with E-state index in [-0.39, 0.29) is 10.6 Å². The molecular formula is C13H14N2O2. The van der Waals surface area contributed by atoms with Crippen LogP contribution in [0.3, 0.4) is 0 Å². The zero-order valence-corrected chi connectivity index (χ0v) is 9.99. The summed E-state index contributed by atoms with van der Waals surface area (Å²) in [5.41, 5.74) is 4.96. The van der Waals surface area contributed by atoms with Crippen molar-refractivity contribution in [1.29, 1.82) is 0 Å². The molecule has 1 aromatic carbocycles. The molecule has 0 atom stereocenters. The second kappa shape index (κ2) is 3.32. The molecule has 1 aromatic heterocycles. The van der Waals surface area contributed by atoms with E-state index in [2.05, 4.69) is 11.5 Å². The minimum absolute atomic E-state index is 0.217. The first-order valence-electron chi connectivity index (χ1n) is 5.86. The predicted octanol–water partition coefficient (Wildman–Crippen LogP) is 3.11. The molecule has 1 aliphatic heterocycles. The monoisotopic (exact) mass is 230 g/mol. The Morgan fingerprint density at radius 1 is 1.35 bits per heavy atom. The Hall–Kier alpha value is -1.84. The zero-order chi connectivity index (χ0) is 12.2. The van der Waals surface area contributed by atoms with Crippen LogP contribution in [0.1, 0.15) is 23.2 Å². The van der Waals surface area contributed by atoms with Crippen molar-refractivity contribution in [2.45, 2.75) is 33.2 Å². The van der Waals surface area contributed by atoms with Crippen LogP contribution in [0, 0.1) is 24.0 Å². The number of non-ortho nitro benzene ring substituents is 1. The molecule has 4 heteroatoms. The number of hydrogen-bond donors (Lipinski definition) is 0. The predicted molar refractivity (Wildman–Crippen MR) is 66.4 cm³/mol. The van der Waals surface area contributed by atoms with Gasteiger partial charge >= 0.3 is 0 Å². The van der Waals surface area contributed by atoms with E-state index in [9.17, 15) is 10.1 Å². The van der Waals surface area contributed by atoms with Crippen LogP contribution in [-0.4, -0.2) is 9.49 Å². The molecule has 0 N–H and O–H groups in total. The summed E-state index contributed by atoms with van der Waals surface area (Å²) in [6.07, 6.45) is 2.01. The minimum atomic E-state index is -0.295. The highest BCUT2D eigenvalue weighted by atomic mass is 16.6. The molecule has 88 valence electrons. The lowest BCUT2D eigenvalue weighted by molar-refractivity contribution is -0.384. The number of hydrogen-bond acceptors (Lipinski definition) is 2. The number of nitro groups is 1. The van der Waals surface area contributed by atoms with Gasteiger partial charge in [0.1, 0.15) is 0 Å². The molecule has 1 aliphatic rings. The third kappa shape index (κ3) is 1.30. The summed E-state index contributed by atoms with van der Waals surface area (Å²) < 4.78 is 2.30. The summed E-state index contributed by atoms with van der Waals surface area (Å²) in [5.74, 6) is 0. The third-order valence-corrected chi connectivity index (χ3v) is 3.83. The molecule has 2 heterocycles. The lowest BCUT2D eigenvalue weighted by Crippen LogP contribution is -2.09. The van der Waals surface area contributed by atoms with E-state index < -0.39 is 0 Å². The minimum Gasteiger partial charge on any atom is -0.344 e. The van der Waals surface area contributed by atoms with Crippen LogP contribution in [0.5, 0.6) is 0 Å². The molecule has 0 unspecified atom stereocenters. The first kappa shape index (κ1) is 10.3. The number of nitrogens with zero attached hydrogens (tertiary/aromatic N) is 2. The maximum absolute atomic E-state index is 10.9. The molecule has 0 amide bonds. The normalized spacial score (nSPS) is 14.2. The maximum Gasteiger partial charge on any atom is 0.270 e. The summed E-state index contributed by atoms with van der Waals surface area (Å²) in [7, 11) is 0. The van der Waals surface area contributed by atoms with Crippen LogP contribution in [-0.2, 0) is 13.0 Å². The van der Waals surface area contributed by atoms with Crippen LogP contribution >= 0.6 is 0 Å². The molecule has 4 nitrogen and oxygen atoms in total. The molecule has 0 aliphatic carbocycles. The van der Waals surface area contributed by atoms with Gasteiger partial charge in [0.2, 0.25) is 0 Å². The fraction of sp³-hybridized carbons (Fsp3) is 0.385. The van der Waals surface area contributed by atoms with Crippen molar-refractivity contribution in [3.8, 4) is 0 Å². The van der Waals surface area contributed by atoms with Crippen LogP contribution in [0.25, 0.3) is 10.9 Å². The van der Waals surface area contributed by atoms with Crippen molar-refractivity contribution in [2.75, 3.05) is 0 Å². The standard InChI is InChI=1S/C13H14N2O2/c1-8-9(2)14-5-3-4-10-6-11(15(16)17)7-12(8)13(10)14/h6-7H,3-5H2,1-2H3. The SMILES string of the molecule is Cc1c(C)n2c3c(cc([N+](=O)[O-])cc13)CCC2. The number of rotatable bonds is 1. The lowest BCUT2D eigenvalue weighted by Gasteiger charge is -2.16. The lowest BCUT2D eigenvalue weighted by atomic mass is 10.0. The van der Waals surface area contributed by atoms with Gasteiger partial charge in [-0.1, -0.05) is 0 Å². The zero-order valence-electron chi connectivity index (χ0n) is 9.99. The van der Waals surface area contributed by atoms with E-state index in [4.69, 9.17) is 0 Å². The van der Waals surface area contributed by atoms with E-state index in [0.29, 0.717) is 0 Å². The molecule has 2 aromatic rings. The van der Waals surface area contributed by atoms with Crippen molar-refractivity contribution in [2.24, 2.45) is 0 Å². The van der Waals surface area contributed by atoms with E-state index >= 15 is 0 Å². The summed E-state index contributed by atoms with van der Waals surface area (Å²) in [6.45, 7) is 5.17. The first-order valence-corrected chi connectivity index (χ1v) is 5.86. The maximum atomic E-state index is 10.9. The topological polar surface area (TPSA) is 48.1 Å². The van der Waals surface area contributed by atoms with Crippen LogP contribution in [0.15, 0.2) is 12.1 Å². The summed E-state index contributed by atoms with van der Waals surface area (Å²) in [5, 5.41) is 12.0. The quantitative estimate of drug-likeness (QED) is 0.558. The van der Waals surface area contributed by atoms with E-state index in [1.807, 2.05) is 6.92 Å². The Morgan fingerprint density at radius 3 is 2.82 bits per heavy atom. The van der Waals surface area contributed by atoms with Crippen molar-refractivity contribution in [3.05, 3.63) is 39.1 Å². The van der Waals surface area contributed by atoms with Crippen molar-refractivity contribution >= 4 is 16.6 Å². The Labute approximate surface area is 99.0 Å². The van der Waals surface area contributed by atoms with Gasteiger partial charge in [0.05, 0.1) is 10.4 Å². The highest BCUT2D eigenvalue weighted by Crippen LogP contribution is 2.35. The Morgan fingerprint density at radius 2 is 2.12 bits per heavy atom. The molecule has 0 radical (unpaired) electrons. The van der Waals surface area contributed by atoms with Gasteiger partial charge in [0.15, 0.2) is 0 Å². The van der Waals surface area contributed by atoms with Gasteiger partial charge in [-0.3, -0.25) is 10.1 Å². The average Bonchev–Trinajstić information content (AvgIpc) is 2.57. The fourth-order valence-electron chi connectivity index (χ4n) is 2.85. The molecular weight excluding hydrogens is 216 g/mol. The molecule has 0 saturated heterocycles. The van der Waals surface area contributed by atoms with Crippen LogP contribution < -0.4 is 0 Å². The third-order valence-electron chi connectivity index (χ3n) is 3.83. The molecule has 0 bridgehead atoms. The largest absolute Gasteiger partial charge is 0.344 e. The van der Waals surface area contributed by atoms with Gasteiger partial charge in [-0.25, -0.2) is 0 Å². The van der Waals surface area contributed by atoms with Crippen molar-refractivity contribution in [3.63, 3.8) is 0 Å². The van der Waals surface area contributed by atoms with Gasteiger partial charge in [0.25, 0.3) is 5.69 Å². The van der Waals surface area contributed by atoms with Crippen LogP contribution in [0.2, 0.25) is 0 Å². The van der Waals surface area contributed by atoms with Gasteiger partial charge in [-0.2, -0.15) is 0 Å². The van der Waals surface area contributed by atoms with Crippen molar-refractivity contribution in [1.82, 2.24) is 4.57 Å². The van der Waals surface area contributed by atoms with E-state index in [0.717, 1.165) is 30.3 Å². The summed E-state index contributed by atoms with van der Waals surface area (Å²) >= 11 is 0. The Bertz CT molecular complexity index is 641. The summed E-state index contributed by atoms with van der Waals surface area (Å²) in [6, 6.07) is 3.44. The molecule has 0 fully saturated rings. The van der Waals surface area contributed by atoms with E-state index in [1.165, 1.54) is 16.8 Å². The average molecular weight is 230 g/mol.